The van der Waals surface area contributed by atoms with Crippen molar-refractivity contribution >= 4 is 56.5 Å². The Morgan fingerprint density at radius 3 is 2.00 bits per heavy atom. The monoisotopic (exact) mass is 492 g/mol. The molecule has 0 amide bonds. The SMILES string of the molecule is O=S(=O)(O)C(c1ccc(O)c(Cl)c1)(c1ccccc1Cl)c1cc(Cl)cc(O)c1Cl. The smallest absolute Gasteiger partial charge is 0.283 e. The van der Waals surface area contributed by atoms with Gasteiger partial charge in [0.05, 0.1) is 10.0 Å². The van der Waals surface area contributed by atoms with Gasteiger partial charge in [-0.2, -0.15) is 8.42 Å². The number of benzene rings is 3. The average Bonchev–Trinajstić information content (AvgIpc) is 2.62. The Labute approximate surface area is 186 Å². The molecular formula is C19H12Cl4O5S. The highest BCUT2D eigenvalue weighted by Gasteiger charge is 2.51. The molecule has 0 aliphatic carbocycles. The van der Waals surface area contributed by atoms with Gasteiger partial charge in [-0.05, 0) is 29.8 Å². The lowest BCUT2D eigenvalue weighted by Gasteiger charge is -2.34. The molecule has 152 valence electrons. The molecule has 10 heteroatoms. The van der Waals surface area contributed by atoms with Crippen molar-refractivity contribution in [2.24, 2.45) is 0 Å². The largest absolute Gasteiger partial charge is 0.506 e. The second-order valence-corrected chi connectivity index (χ2v) is 9.28. The Morgan fingerprint density at radius 1 is 0.759 bits per heavy atom. The summed E-state index contributed by atoms with van der Waals surface area (Å²) in [4.78, 5) is 0. The Morgan fingerprint density at radius 2 is 1.41 bits per heavy atom. The van der Waals surface area contributed by atoms with E-state index in [1.807, 2.05) is 0 Å². The molecule has 0 spiro atoms. The first-order valence-electron chi connectivity index (χ1n) is 7.89. The van der Waals surface area contributed by atoms with Gasteiger partial charge >= 0.3 is 0 Å². The van der Waals surface area contributed by atoms with Crippen molar-refractivity contribution in [3.63, 3.8) is 0 Å². The minimum absolute atomic E-state index is 0.00939. The molecule has 3 aromatic rings. The predicted octanol–water partition coefficient (Wildman–Crippen LogP) is 5.89. The normalized spacial score (nSPS) is 13.8. The van der Waals surface area contributed by atoms with E-state index in [0.717, 1.165) is 18.2 Å². The fourth-order valence-corrected chi connectivity index (χ4v) is 5.54. The molecule has 0 radical (unpaired) electrons. The van der Waals surface area contributed by atoms with Crippen LogP contribution in [0, 0.1) is 0 Å². The van der Waals surface area contributed by atoms with E-state index < -0.39 is 20.6 Å². The third-order valence-electron chi connectivity index (χ3n) is 4.39. The molecule has 0 heterocycles. The number of hydrogen-bond donors (Lipinski definition) is 3. The third-order valence-corrected chi connectivity index (χ3v) is 7.09. The van der Waals surface area contributed by atoms with Crippen LogP contribution in [-0.2, 0) is 14.9 Å². The number of hydrogen-bond acceptors (Lipinski definition) is 4. The van der Waals surface area contributed by atoms with Crippen LogP contribution in [0.15, 0.2) is 54.6 Å². The molecular weight excluding hydrogens is 482 g/mol. The number of phenols is 2. The molecule has 3 aromatic carbocycles. The summed E-state index contributed by atoms with van der Waals surface area (Å²) in [5, 5.41) is 19.4. The van der Waals surface area contributed by atoms with Crippen LogP contribution >= 0.6 is 46.4 Å². The lowest BCUT2D eigenvalue weighted by Crippen LogP contribution is -2.39. The first-order valence-corrected chi connectivity index (χ1v) is 10.8. The zero-order valence-corrected chi connectivity index (χ0v) is 18.1. The van der Waals surface area contributed by atoms with Crippen LogP contribution in [0.1, 0.15) is 16.7 Å². The number of phenolic OH excluding ortho intramolecular Hbond substituents is 2. The Balaban J connectivity index is 2.63. The van der Waals surface area contributed by atoms with E-state index in [1.165, 1.54) is 30.3 Å². The van der Waals surface area contributed by atoms with E-state index in [9.17, 15) is 23.2 Å². The van der Waals surface area contributed by atoms with Gasteiger partial charge in [0.2, 0.25) is 0 Å². The second kappa shape index (κ2) is 7.87. The summed E-state index contributed by atoms with van der Waals surface area (Å²) in [6, 6.07) is 11.8. The molecule has 1 unspecified atom stereocenters. The first-order chi connectivity index (χ1) is 13.5. The van der Waals surface area contributed by atoms with E-state index in [2.05, 4.69) is 0 Å². The predicted molar refractivity (Wildman–Crippen MR) is 114 cm³/mol. The van der Waals surface area contributed by atoms with Crippen molar-refractivity contribution in [1.82, 2.24) is 0 Å². The summed E-state index contributed by atoms with van der Waals surface area (Å²) in [5.74, 6) is -0.807. The maximum atomic E-state index is 13.0. The highest BCUT2D eigenvalue weighted by Crippen LogP contribution is 2.51. The topological polar surface area (TPSA) is 94.8 Å². The van der Waals surface area contributed by atoms with Crippen molar-refractivity contribution in [2.45, 2.75) is 4.75 Å². The minimum Gasteiger partial charge on any atom is -0.506 e. The molecule has 3 rings (SSSR count). The lowest BCUT2D eigenvalue weighted by molar-refractivity contribution is 0.455. The van der Waals surface area contributed by atoms with Crippen LogP contribution in [-0.4, -0.2) is 23.2 Å². The lowest BCUT2D eigenvalue weighted by atomic mass is 9.83. The fraction of sp³-hybridized carbons (Fsp3) is 0.0526. The fourth-order valence-electron chi connectivity index (χ4n) is 3.19. The third kappa shape index (κ3) is 3.65. The summed E-state index contributed by atoms with van der Waals surface area (Å²) in [6.07, 6.45) is 0. The summed E-state index contributed by atoms with van der Waals surface area (Å²) < 4.78 is 34.1. The molecule has 0 saturated carbocycles. The standard InChI is InChI=1S/C19H12Cl4O5S/c20-11-8-13(18(23)17(25)9-11)19(29(26,27)28,12-3-1-2-4-14(12)21)10-5-6-16(24)15(22)7-10/h1-9,24-25H,(H,26,27,28). The van der Waals surface area contributed by atoms with Crippen LogP contribution in [0.5, 0.6) is 11.5 Å². The molecule has 29 heavy (non-hydrogen) atoms. The number of rotatable bonds is 4. The molecule has 1 atom stereocenters. The molecule has 0 aromatic heterocycles. The molecule has 0 aliphatic rings. The molecule has 0 fully saturated rings. The van der Waals surface area contributed by atoms with Gasteiger partial charge < -0.3 is 10.2 Å². The van der Waals surface area contributed by atoms with Gasteiger partial charge in [0.25, 0.3) is 10.1 Å². The van der Waals surface area contributed by atoms with Gasteiger partial charge in [-0.25, -0.2) is 0 Å². The Hall–Kier alpha value is -1.67. The Bertz CT molecular complexity index is 1210. The quantitative estimate of drug-likeness (QED) is 0.311. The Kier molecular flexibility index (Phi) is 5.98. The summed E-state index contributed by atoms with van der Waals surface area (Å²) in [5.41, 5.74) is -0.393. The highest BCUT2D eigenvalue weighted by atomic mass is 35.5. The van der Waals surface area contributed by atoms with E-state index in [4.69, 9.17) is 46.4 Å². The van der Waals surface area contributed by atoms with Gasteiger partial charge in [0.1, 0.15) is 11.5 Å². The van der Waals surface area contributed by atoms with Crippen LogP contribution in [0.4, 0.5) is 0 Å². The van der Waals surface area contributed by atoms with Crippen LogP contribution in [0.3, 0.4) is 0 Å². The molecule has 0 bridgehead atoms. The van der Waals surface area contributed by atoms with Gasteiger partial charge in [-0.15, -0.1) is 0 Å². The van der Waals surface area contributed by atoms with Crippen molar-refractivity contribution in [1.29, 1.82) is 0 Å². The van der Waals surface area contributed by atoms with Gasteiger partial charge in [0.15, 0.2) is 4.75 Å². The van der Waals surface area contributed by atoms with E-state index in [1.54, 1.807) is 6.07 Å². The first kappa shape index (κ1) is 22.0. The van der Waals surface area contributed by atoms with E-state index in [-0.39, 0.29) is 42.5 Å². The van der Waals surface area contributed by atoms with E-state index >= 15 is 0 Å². The number of aromatic hydroxyl groups is 2. The summed E-state index contributed by atoms with van der Waals surface area (Å²) in [7, 11) is -5.07. The van der Waals surface area contributed by atoms with Crippen LogP contribution in [0.25, 0.3) is 0 Å². The van der Waals surface area contributed by atoms with Gasteiger partial charge in [-0.1, -0.05) is 70.7 Å². The van der Waals surface area contributed by atoms with E-state index in [0.29, 0.717) is 0 Å². The summed E-state index contributed by atoms with van der Waals surface area (Å²) in [6.45, 7) is 0. The number of halogens is 4. The molecule has 3 N–H and O–H groups in total. The van der Waals surface area contributed by atoms with Gasteiger partial charge in [-0.3, -0.25) is 4.55 Å². The van der Waals surface area contributed by atoms with Crippen LogP contribution in [0.2, 0.25) is 20.1 Å². The molecule has 5 nitrogen and oxygen atoms in total. The van der Waals surface area contributed by atoms with Crippen molar-refractivity contribution < 1.29 is 23.2 Å². The second-order valence-electron chi connectivity index (χ2n) is 6.09. The summed E-state index contributed by atoms with van der Waals surface area (Å²) >= 11 is 24.7. The highest BCUT2D eigenvalue weighted by molar-refractivity contribution is 7.87. The molecule has 0 saturated heterocycles. The van der Waals surface area contributed by atoms with Gasteiger partial charge in [0, 0.05) is 27.2 Å². The van der Waals surface area contributed by atoms with Crippen molar-refractivity contribution in [2.75, 3.05) is 0 Å². The zero-order valence-electron chi connectivity index (χ0n) is 14.3. The maximum Gasteiger partial charge on any atom is 0.283 e. The van der Waals surface area contributed by atoms with Crippen molar-refractivity contribution in [3.8, 4) is 11.5 Å². The maximum absolute atomic E-state index is 13.0. The average molecular weight is 494 g/mol. The van der Waals surface area contributed by atoms with Crippen molar-refractivity contribution in [3.05, 3.63) is 91.4 Å². The zero-order chi connectivity index (χ0) is 21.6. The minimum atomic E-state index is -5.07. The molecule has 0 aliphatic heterocycles. The van der Waals surface area contributed by atoms with Crippen LogP contribution < -0.4 is 0 Å².